The van der Waals surface area contributed by atoms with Gasteiger partial charge < -0.3 is 10.4 Å². The van der Waals surface area contributed by atoms with E-state index in [1.807, 2.05) is 34.6 Å². The molecule has 4 nitrogen and oxygen atoms in total. The van der Waals surface area contributed by atoms with Gasteiger partial charge in [0.15, 0.2) is 0 Å². The number of nitrogens with zero attached hydrogens (tertiary/aromatic N) is 2. The Balaban J connectivity index is 2.64. The number of aliphatic hydroxyl groups excluding tert-OH is 1. The van der Waals surface area contributed by atoms with E-state index in [1.54, 1.807) is 6.20 Å². The second-order valence-electron chi connectivity index (χ2n) is 5.21. The molecule has 1 heterocycles. The molecule has 0 spiro atoms. The summed E-state index contributed by atoms with van der Waals surface area (Å²) in [4.78, 5) is 8.55. The Morgan fingerprint density at radius 2 is 2.00 bits per heavy atom. The molecule has 1 unspecified atom stereocenters. The minimum Gasteiger partial charge on any atom is -0.391 e. The molecule has 0 fully saturated rings. The van der Waals surface area contributed by atoms with E-state index in [1.165, 1.54) is 0 Å². The third kappa shape index (κ3) is 3.45. The Labute approximate surface area is 97.1 Å². The Morgan fingerprint density at radius 1 is 1.38 bits per heavy atom. The summed E-state index contributed by atoms with van der Waals surface area (Å²) in [6.45, 7) is 10.3. The highest BCUT2D eigenvalue weighted by atomic mass is 16.3. The molecule has 16 heavy (non-hydrogen) atoms. The van der Waals surface area contributed by atoms with Crippen molar-refractivity contribution in [1.82, 2.24) is 9.97 Å². The van der Waals surface area contributed by atoms with Gasteiger partial charge in [-0.15, -0.1) is 0 Å². The monoisotopic (exact) mass is 223 g/mol. The summed E-state index contributed by atoms with van der Waals surface area (Å²) in [6, 6.07) is 0. The molecule has 0 aromatic carbocycles. The molecule has 1 atom stereocenters. The molecule has 0 aliphatic heterocycles. The summed E-state index contributed by atoms with van der Waals surface area (Å²) in [6.07, 6.45) is 1.33. The number of hydrogen-bond donors (Lipinski definition) is 2. The normalized spacial score (nSPS) is 13.6. The second-order valence-corrected chi connectivity index (χ2v) is 5.21. The number of aryl methyl sites for hydroxylation is 2. The third-order valence-corrected chi connectivity index (χ3v) is 2.54. The maximum atomic E-state index is 9.90. The lowest BCUT2D eigenvalue weighted by Gasteiger charge is -2.26. The van der Waals surface area contributed by atoms with Crippen LogP contribution >= 0.6 is 0 Å². The first kappa shape index (κ1) is 12.9. The number of anilines is 1. The minimum atomic E-state index is -0.408. The SMILES string of the molecule is Cc1cnc(C)c(NCC(O)C(C)(C)C)n1. The van der Waals surface area contributed by atoms with Crippen molar-refractivity contribution in [3.8, 4) is 0 Å². The van der Waals surface area contributed by atoms with Gasteiger partial charge in [-0.2, -0.15) is 0 Å². The fourth-order valence-electron chi connectivity index (χ4n) is 1.20. The molecule has 0 amide bonds. The second kappa shape index (κ2) is 4.78. The van der Waals surface area contributed by atoms with Crippen LogP contribution in [0.5, 0.6) is 0 Å². The topological polar surface area (TPSA) is 58.0 Å². The van der Waals surface area contributed by atoms with E-state index in [2.05, 4.69) is 15.3 Å². The van der Waals surface area contributed by atoms with Gasteiger partial charge in [0.25, 0.3) is 0 Å². The van der Waals surface area contributed by atoms with Crippen molar-refractivity contribution >= 4 is 5.82 Å². The molecule has 1 aromatic rings. The lowest BCUT2D eigenvalue weighted by Crippen LogP contribution is -2.33. The van der Waals surface area contributed by atoms with E-state index in [0.717, 1.165) is 17.2 Å². The van der Waals surface area contributed by atoms with Crippen LogP contribution in [0.15, 0.2) is 6.20 Å². The summed E-state index contributed by atoms with van der Waals surface area (Å²) in [7, 11) is 0. The first-order chi connectivity index (χ1) is 7.30. The Hall–Kier alpha value is -1.16. The molecule has 2 N–H and O–H groups in total. The van der Waals surface area contributed by atoms with Crippen molar-refractivity contribution in [3.05, 3.63) is 17.6 Å². The molecule has 0 radical (unpaired) electrons. The van der Waals surface area contributed by atoms with Crippen molar-refractivity contribution in [3.63, 3.8) is 0 Å². The Bertz CT molecular complexity index is 358. The molecule has 0 saturated heterocycles. The van der Waals surface area contributed by atoms with Gasteiger partial charge >= 0.3 is 0 Å². The summed E-state index contributed by atoms with van der Waals surface area (Å²) in [5.74, 6) is 0.753. The van der Waals surface area contributed by atoms with Crippen LogP contribution in [0.2, 0.25) is 0 Å². The highest BCUT2D eigenvalue weighted by Crippen LogP contribution is 2.19. The quantitative estimate of drug-likeness (QED) is 0.822. The number of aliphatic hydroxyl groups is 1. The van der Waals surface area contributed by atoms with Crippen LogP contribution in [0.25, 0.3) is 0 Å². The van der Waals surface area contributed by atoms with Crippen LogP contribution in [-0.2, 0) is 0 Å². The van der Waals surface area contributed by atoms with E-state index in [4.69, 9.17) is 0 Å². The number of rotatable bonds is 3. The zero-order valence-electron chi connectivity index (χ0n) is 10.7. The molecule has 1 rings (SSSR count). The van der Waals surface area contributed by atoms with Gasteiger partial charge in [-0.3, -0.25) is 4.98 Å². The maximum absolute atomic E-state index is 9.90. The van der Waals surface area contributed by atoms with Crippen molar-refractivity contribution in [1.29, 1.82) is 0 Å². The van der Waals surface area contributed by atoms with Gasteiger partial charge in [-0.1, -0.05) is 20.8 Å². The molecule has 0 aliphatic rings. The predicted octanol–water partition coefficient (Wildman–Crippen LogP) is 1.91. The lowest BCUT2D eigenvalue weighted by molar-refractivity contribution is 0.0745. The van der Waals surface area contributed by atoms with E-state index in [-0.39, 0.29) is 5.41 Å². The van der Waals surface area contributed by atoms with Crippen molar-refractivity contribution in [2.75, 3.05) is 11.9 Å². The van der Waals surface area contributed by atoms with Crippen molar-refractivity contribution < 1.29 is 5.11 Å². The van der Waals surface area contributed by atoms with Crippen LogP contribution in [0.4, 0.5) is 5.82 Å². The standard InChI is InChI=1S/C12H21N3O/c1-8-6-13-9(2)11(15-8)14-7-10(16)12(3,4)5/h6,10,16H,7H2,1-5H3,(H,14,15). The number of hydrogen-bond acceptors (Lipinski definition) is 4. The molecule has 90 valence electrons. The zero-order chi connectivity index (χ0) is 12.3. The summed E-state index contributed by atoms with van der Waals surface area (Å²) < 4.78 is 0. The molecular weight excluding hydrogens is 202 g/mol. The van der Waals surface area contributed by atoms with Gasteiger partial charge in [-0.25, -0.2) is 4.98 Å². The highest BCUT2D eigenvalue weighted by Gasteiger charge is 2.21. The average molecular weight is 223 g/mol. The minimum absolute atomic E-state index is 0.127. The molecule has 0 aliphatic carbocycles. The molecular formula is C12H21N3O. The van der Waals surface area contributed by atoms with Crippen molar-refractivity contribution in [2.24, 2.45) is 5.41 Å². The molecule has 1 aromatic heterocycles. The average Bonchev–Trinajstić information content (AvgIpc) is 2.17. The summed E-state index contributed by atoms with van der Waals surface area (Å²) >= 11 is 0. The predicted molar refractivity (Wildman–Crippen MR) is 65.5 cm³/mol. The van der Waals surface area contributed by atoms with E-state index in [9.17, 15) is 5.11 Å². The molecule has 0 saturated carbocycles. The Morgan fingerprint density at radius 3 is 2.56 bits per heavy atom. The van der Waals surface area contributed by atoms with Crippen LogP contribution in [0, 0.1) is 19.3 Å². The van der Waals surface area contributed by atoms with Crippen LogP contribution in [0.3, 0.4) is 0 Å². The number of nitrogens with one attached hydrogen (secondary N) is 1. The van der Waals surface area contributed by atoms with E-state index >= 15 is 0 Å². The summed E-state index contributed by atoms with van der Waals surface area (Å²) in [5, 5.41) is 13.0. The fraction of sp³-hybridized carbons (Fsp3) is 0.667. The Kier molecular flexibility index (Phi) is 3.86. The van der Waals surface area contributed by atoms with Gasteiger partial charge in [0, 0.05) is 12.7 Å². The van der Waals surface area contributed by atoms with Crippen LogP contribution in [-0.4, -0.2) is 27.7 Å². The zero-order valence-corrected chi connectivity index (χ0v) is 10.7. The largest absolute Gasteiger partial charge is 0.391 e. The van der Waals surface area contributed by atoms with Gasteiger partial charge in [0.2, 0.25) is 0 Å². The first-order valence-corrected chi connectivity index (χ1v) is 5.53. The van der Waals surface area contributed by atoms with Gasteiger partial charge in [0.05, 0.1) is 17.5 Å². The highest BCUT2D eigenvalue weighted by molar-refractivity contribution is 5.39. The number of aromatic nitrogens is 2. The smallest absolute Gasteiger partial charge is 0.147 e. The fourth-order valence-corrected chi connectivity index (χ4v) is 1.20. The third-order valence-electron chi connectivity index (χ3n) is 2.54. The van der Waals surface area contributed by atoms with Crippen LogP contribution in [0.1, 0.15) is 32.2 Å². The lowest BCUT2D eigenvalue weighted by atomic mass is 9.89. The van der Waals surface area contributed by atoms with Crippen LogP contribution < -0.4 is 5.32 Å². The van der Waals surface area contributed by atoms with E-state index in [0.29, 0.717) is 6.54 Å². The van der Waals surface area contributed by atoms with Gasteiger partial charge in [0.1, 0.15) is 5.82 Å². The van der Waals surface area contributed by atoms with Crippen molar-refractivity contribution in [2.45, 2.75) is 40.7 Å². The molecule has 4 heteroatoms. The molecule has 0 bridgehead atoms. The maximum Gasteiger partial charge on any atom is 0.147 e. The van der Waals surface area contributed by atoms with Gasteiger partial charge in [-0.05, 0) is 19.3 Å². The first-order valence-electron chi connectivity index (χ1n) is 5.53. The summed E-state index contributed by atoms with van der Waals surface area (Å²) in [5.41, 5.74) is 1.60. The van der Waals surface area contributed by atoms with E-state index < -0.39 is 6.10 Å².